The van der Waals surface area contributed by atoms with Crippen LogP contribution in [0.5, 0.6) is 0 Å². The van der Waals surface area contributed by atoms with Gasteiger partial charge in [0.1, 0.15) is 6.54 Å². The average Bonchev–Trinajstić information content (AvgIpc) is 2.25. The Morgan fingerprint density at radius 3 is 2.71 bits per heavy atom. The summed E-state index contributed by atoms with van der Waals surface area (Å²) in [5.41, 5.74) is 1.40. The normalized spacial score (nSPS) is 10.4. The molecule has 0 heterocycles. The zero-order valence-electron chi connectivity index (χ0n) is 8.50. The van der Waals surface area contributed by atoms with Crippen LogP contribution in [0, 0.1) is 0 Å². The third-order valence-electron chi connectivity index (χ3n) is 2.11. The van der Waals surface area contributed by atoms with E-state index < -0.39 is 0 Å². The van der Waals surface area contributed by atoms with E-state index in [2.05, 4.69) is 51.2 Å². The van der Waals surface area contributed by atoms with Gasteiger partial charge < -0.3 is 10.6 Å². The molecule has 1 aromatic carbocycles. The van der Waals surface area contributed by atoms with Crippen molar-refractivity contribution < 1.29 is 5.32 Å². The van der Waals surface area contributed by atoms with Gasteiger partial charge in [0, 0.05) is 28.8 Å². The van der Waals surface area contributed by atoms with Crippen LogP contribution in [0.2, 0.25) is 0 Å². The van der Waals surface area contributed by atoms with Crippen LogP contribution in [0.3, 0.4) is 0 Å². The highest BCUT2D eigenvalue weighted by molar-refractivity contribution is 6.08. The summed E-state index contributed by atoms with van der Waals surface area (Å²) in [5, 5.41) is 5.59. The van der Waals surface area contributed by atoms with Gasteiger partial charge in [0.05, 0.1) is 6.54 Å². The molecule has 3 heteroatoms. The highest BCUT2D eigenvalue weighted by Crippen LogP contribution is 1.94. The van der Waals surface area contributed by atoms with Crippen molar-refractivity contribution in [3.05, 3.63) is 35.9 Å². The molecular weight excluding hydrogens is 188 g/mol. The highest BCUT2D eigenvalue weighted by atomic mass is 28.1. The molecule has 1 rings (SSSR count). The molecule has 0 aliphatic rings. The number of quaternary nitrogens is 1. The fraction of sp³-hybridized carbons (Fsp3) is 0.455. The van der Waals surface area contributed by atoms with Crippen LogP contribution < -0.4 is 10.6 Å². The predicted octanol–water partition coefficient (Wildman–Crippen LogP) is -0.144. The molecule has 0 spiro atoms. The van der Waals surface area contributed by atoms with Crippen LogP contribution >= 0.6 is 0 Å². The van der Waals surface area contributed by atoms with Crippen molar-refractivity contribution in [1.29, 1.82) is 0 Å². The van der Waals surface area contributed by atoms with Crippen molar-refractivity contribution >= 4 is 10.2 Å². The van der Waals surface area contributed by atoms with Gasteiger partial charge in [-0.3, -0.25) is 0 Å². The molecule has 14 heavy (non-hydrogen) atoms. The fourth-order valence-electron chi connectivity index (χ4n) is 1.34. The Balaban J connectivity index is 1.99. The summed E-state index contributed by atoms with van der Waals surface area (Å²) in [5.74, 6) is 0. The monoisotopic (exact) mass is 206 g/mol. The summed E-state index contributed by atoms with van der Waals surface area (Å²) >= 11 is 0. The minimum absolute atomic E-state index is 0.888. The number of hydrogen-bond acceptors (Lipinski definition) is 1. The van der Waals surface area contributed by atoms with E-state index in [1.165, 1.54) is 18.5 Å². The predicted molar refractivity (Wildman–Crippen MR) is 60.2 cm³/mol. The summed E-state index contributed by atoms with van der Waals surface area (Å²) in [6, 6.07) is 10.6. The molecule has 3 N–H and O–H groups in total. The molecular formula is C11H18N2Si+. The SMILES string of the molecule is [Si]CNCCC[NH2+]Cc1ccccc1. The Labute approximate surface area is 89.5 Å². The zero-order valence-corrected chi connectivity index (χ0v) is 9.50. The van der Waals surface area contributed by atoms with Crippen molar-refractivity contribution in [2.75, 3.05) is 19.3 Å². The van der Waals surface area contributed by atoms with Crippen LogP contribution in [0.1, 0.15) is 12.0 Å². The lowest BCUT2D eigenvalue weighted by molar-refractivity contribution is -0.670. The van der Waals surface area contributed by atoms with Gasteiger partial charge >= 0.3 is 0 Å². The van der Waals surface area contributed by atoms with E-state index in [0.717, 1.165) is 19.3 Å². The fourth-order valence-corrected chi connectivity index (χ4v) is 1.52. The Hall–Kier alpha value is -0.643. The molecule has 1 aromatic rings. The first-order valence-corrected chi connectivity index (χ1v) is 5.85. The molecule has 0 bridgehead atoms. The van der Waals surface area contributed by atoms with Crippen LogP contribution in [0.4, 0.5) is 0 Å². The van der Waals surface area contributed by atoms with E-state index in [1.54, 1.807) is 0 Å². The number of rotatable bonds is 7. The lowest BCUT2D eigenvalue weighted by Crippen LogP contribution is -2.82. The van der Waals surface area contributed by atoms with Crippen molar-refractivity contribution in [2.24, 2.45) is 0 Å². The third-order valence-corrected chi connectivity index (χ3v) is 2.36. The Morgan fingerprint density at radius 2 is 2.00 bits per heavy atom. The number of nitrogens with one attached hydrogen (secondary N) is 1. The van der Waals surface area contributed by atoms with Gasteiger partial charge in [0.2, 0.25) is 0 Å². The summed E-state index contributed by atoms with van der Waals surface area (Å²) in [4.78, 5) is 0. The smallest absolute Gasteiger partial charge is 0.101 e. The molecule has 0 fully saturated rings. The number of nitrogens with two attached hydrogens (primary N) is 1. The summed E-state index contributed by atoms with van der Waals surface area (Å²) < 4.78 is 0. The second kappa shape index (κ2) is 7.73. The van der Waals surface area contributed by atoms with Crippen LogP contribution in [-0.4, -0.2) is 29.5 Å². The largest absolute Gasteiger partial charge is 0.342 e. The lowest BCUT2D eigenvalue weighted by Gasteiger charge is -2.02. The van der Waals surface area contributed by atoms with E-state index in [0.29, 0.717) is 0 Å². The first kappa shape index (κ1) is 11.4. The molecule has 0 aliphatic carbocycles. The quantitative estimate of drug-likeness (QED) is 0.472. The molecule has 0 aromatic heterocycles. The third kappa shape index (κ3) is 5.17. The first-order chi connectivity index (χ1) is 6.93. The van der Waals surface area contributed by atoms with Gasteiger partial charge in [0.15, 0.2) is 0 Å². The van der Waals surface area contributed by atoms with E-state index >= 15 is 0 Å². The van der Waals surface area contributed by atoms with Gasteiger partial charge in [-0.15, -0.1) is 0 Å². The van der Waals surface area contributed by atoms with Gasteiger partial charge in [-0.25, -0.2) is 0 Å². The molecule has 0 saturated heterocycles. The molecule has 3 radical (unpaired) electrons. The van der Waals surface area contributed by atoms with E-state index in [4.69, 9.17) is 0 Å². The van der Waals surface area contributed by atoms with E-state index in [9.17, 15) is 0 Å². The molecule has 0 aliphatic heterocycles. The van der Waals surface area contributed by atoms with E-state index in [1.807, 2.05) is 0 Å². The summed E-state index contributed by atoms with van der Waals surface area (Å²) in [7, 11) is 3.38. The molecule has 0 unspecified atom stereocenters. The Kier molecular flexibility index (Phi) is 6.31. The highest BCUT2D eigenvalue weighted by Gasteiger charge is 1.93. The standard InChI is InChI=1S/C11H17N2Si/c14-10-13-8-4-7-12-9-11-5-2-1-3-6-11/h1-3,5-6,12-13H,4,7-10H2/p+1. The van der Waals surface area contributed by atoms with Crippen molar-refractivity contribution in [3.63, 3.8) is 0 Å². The molecule has 0 atom stereocenters. The second-order valence-corrected chi connectivity index (χ2v) is 3.65. The molecule has 75 valence electrons. The van der Waals surface area contributed by atoms with Crippen LogP contribution in [-0.2, 0) is 6.54 Å². The van der Waals surface area contributed by atoms with Crippen LogP contribution in [0.25, 0.3) is 0 Å². The second-order valence-electron chi connectivity index (χ2n) is 3.30. The van der Waals surface area contributed by atoms with Crippen LogP contribution in [0.15, 0.2) is 30.3 Å². The minimum atomic E-state index is 0.888. The maximum atomic E-state index is 3.38. The number of hydrogen-bond donors (Lipinski definition) is 2. The minimum Gasteiger partial charge on any atom is -0.342 e. The maximum Gasteiger partial charge on any atom is 0.101 e. The first-order valence-electron chi connectivity index (χ1n) is 5.14. The maximum absolute atomic E-state index is 3.38. The van der Waals surface area contributed by atoms with Gasteiger partial charge in [0.25, 0.3) is 0 Å². The van der Waals surface area contributed by atoms with Gasteiger partial charge in [-0.05, 0) is 6.17 Å². The average molecular weight is 206 g/mol. The van der Waals surface area contributed by atoms with Crippen molar-refractivity contribution in [2.45, 2.75) is 13.0 Å². The van der Waals surface area contributed by atoms with E-state index in [-0.39, 0.29) is 0 Å². The molecule has 0 saturated carbocycles. The van der Waals surface area contributed by atoms with Gasteiger partial charge in [-0.2, -0.15) is 0 Å². The van der Waals surface area contributed by atoms with Crippen molar-refractivity contribution in [3.8, 4) is 0 Å². The van der Waals surface area contributed by atoms with Gasteiger partial charge in [-0.1, -0.05) is 30.3 Å². The summed E-state index contributed by atoms with van der Waals surface area (Å²) in [6.45, 7) is 3.37. The zero-order chi connectivity index (χ0) is 10.1. The molecule has 2 nitrogen and oxygen atoms in total. The van der Waals surface area contributed by atoms with Crippen molar-refractivity contribution in [1.82, 2.24) is 5.32 Å². The lowest BCUT2D eigenvalue weighted by atomic mass is 10.2. The number of benzene rings is 1. The summed E-state index contributed by atoms with van der Waals surface area (Å²) in [6.07, 6.45) is 2.11. The molecule has 0 amide bonds. The Morgan fingerprint density at radius 1 is 1.21 bits per heavy atom. The Bertz CT molecular complexity index is 226. The topological polar surface area (TPSA) is 28.6 Å².